The normalized spacial score (nSPS) is 12.3. The van der Waals surface area contributed by atoms with E-state index < -0.39 is 0 Å². The molecular weight excluding hydrogens is 305 g/mol. The Morgan fingerprint density at radius 2 is 2.00 bits per heavy atom. The zero-order chi connectivity index (χ0) is 15.1. The van der Waals surface area contributed by atoms with Crippen molar-refractivity contribution in [2.24, 2.45) is 0 Å². The van der Waals surface area contributed by atoms with E-state index >= 15 is 0 Å². The molecule has 1 N–H and O–H groups in total. The first-order valence-electron chi connectivity index (χ1n) is 7.06. The zero-order valence-corrected chi connectivity index (χ0v) is 13.6. The maximum absolute atomic E-state index is 13.4. The second kappa shape index (κ2) is 8.42. The van der Waals surface area contributed by atoms with Gasteiger partial charge in [-0.05, 0) is 48.9 Å². The summed E-state index contributed by atoms with van der Waals surface area (Å²) in [6, 6.07) is 14.7. The molecule has 1 unspecified atom stereocenters. The molecule has 0 aliphatic rings. The number of halogens is 2. The first-order valence-corrected chi connectivity index (χ1v) is 8.42. The quantitative estimate of drug-likeness (QED) is 0.693. The van der Waals surface area contributed by atoms with E-state index in [9.17, 15) is 4.39 Å². The minimum absolute atomic E-state index is 0.129. The monoisotopic (exact) mass is 323 g/mol. The molecule has 0 aliphatic heterocycles. The fourth-order valence-corrected chi connectivity index (χ4v) is 3.36. The predicted octanol–water partition coefficient (Wildman–Crippen LogP) is 5.31. The highest BCUT2D eigenvalue weighted by molar-refractivity contribution is 7.99. The van der Waals surface area contributed by atoms with Crippen molar-refractivity contribution in [2.45, 2.75) is 24.3 Å². The van der Waals surface area contributed by atoms with E-state index in [1.54, 1.807) is 23.9 Å². The molecule has 0 bridgehead atoms. The molecule has 2 rings (SSSR count). The second-order valence-corrected chi connectivity index (χ2v) is 6.36. The highest BCUT2D eigenvalue weighted by atomic mass is 35.5. The van der Waals surface area contributed by atoms with Gasteiger partial charge in [0.15, 0.2) is 0 Å². The van der Waals surface area contributed by atoms with Gasteiger partial charge in [0.1, 0.15) is 5.82 Å². The van der Waals surface area contributed by atoms with Gasteiger partial charge < -0.3 is 5.32 Å². The first-order chi connectivity index (χ1) is 10.2. The summed E-state index contributed by atoms with van der Waals surface area (Å²) in [6.45, 7) is 3.04. The van der Waals surface area contributed by atoms with Crippen LogP contribution in [-0.2, 0) is 0 Å². The number of nitrogens with one attached hydrogen (secondary N) is 1. The molecule has 0 saturated carbocycles. The highest BCUT2D eigenvalue weighted by Gasteiger charge is 2.12. The van der Waals surface area contributed by atoms with Gasteiger partial charge in [0.05, 0.1) is 0 Å². The number of thioether (sulfide) groups is 1. The smallest absolute Gasteiger partial charge is 0.123 e. The predicted molar refractivity (Wildman–Crippen MR) is 89.6 cm³/mol. The van der Waals surface area contributed by atoms with E-state index in [-0.39, 0.29) is 11.9 Å². The third kappa shape index (κ3) is 5.34. The summed E-state index contributed by atoms with van der Waals surface area (Å²) < 4.78 is 13.4. The fourth-order valence-electron chi connectivity index (χ4n) is 2.05. The molecule has 1 nitrogen and oxygen atoms in total. The van der Waals surface area contributed by atoms with E-state index in [0.717, 1.165) is 34.2 Å². The van der Waals surface area contributed by atoms with E-state index in [1.807, 2.05) is 30.3 Å². The molecule has 0 radical (unpaired) electrons. The Morgan fingerprint density at radius 3 is 2.71 bits per heavy atom. The molecule has 0 aliphatic carbocycles. The van der Waals surface area contributed by atoms with E-state index in [4.69, 9.17) is 11.6 Å². The summed E-state index contributed by atoms with van der Waals surface area (Å²) >= 11 is 7.73. The minimum atomic E-state index is -0.191. The van der Waals surface area contributed by atoms with Gasteiger partial charge in [-0.25, -0.2) is 4.39 Å². The van der Waals surface area contributed by atoms with Crippen molar-refractivity contribution in [3.63, 3.8) is 0 Å². The Hall–Kier alpha value is -1.03. The van der Waals surface area contributed by atoms with Crippen molar-refractivity contribution < 1.29 is 4.39 Å². The Kier molecular flexibility index (Phi) is 6.55. The Labute approximate surface area is 134 Å². The van der Waals surface area contributed by atoms with Crippen molar-refractivity contribution in [1.82, 2.24) is 5.32 Å². The third-order valence-corrected chi connectivity index (χ3v) is 4.43. The molecule has 0 amide bonds. The molecule has 0 spiro atoms. The average molecular weight is 324 g/mol. The molecule has 1 atom stereocenters. The van der Waals surface area contributed by atoms with Crippen LogP contribution in [-0.4, -0.2) is 12.3 Å². The maximum atomic E-state index is 13.4. The van der Waals surface area contributed by atoms with Crippen molar-refractivity contribution >= 4 is 23.4 Å². The number of rotatable bonds is 7. The molecule has 2 aromatic rings. The fraction of sp³-hybridized carbons (Fsp3) is 0.294. The first kappa shape index (κ1) is 16.3. The van der Waals surface area contributed by atoms with Gasteiger partial charge in [-0.3, -0.25) is 0 Å². The molecule has 0 fully saturated rings. The Bertz CT molecular complexity index is 576. The molecule has 21 heavy (non-hydrogen) atoms. The second-order valence-electron chi connectivity index (χ2n) is 4.83. The van der Waals surface area contributed by atoms with Crippen molar-refractivity contribution in [2.75, 3.05) is 12.3 Å². The lowest BCUT2D eigenvalue weighted by Crippen LogP contribution is -2.24. The summed E-state index contributed by atoms with van der Waals surface area (Å²) in [6.07, 6.45) is 1.05. The van der Waals surface area contributed by atoms with Gasteiger partial charge in [-0.15, -0.1) is 11.8 Å². The maximum Gasteiger partial charge on any atom is 0.123 e. The number of hydrogen-bond acceptors (Lipinski definition) is 2. The molecule has 0 heterocycles. The largest absolute Gasteiger partial charge is 0.309 e. The van der Waals surface area contributed by atoms with Gasteiger partial charge in [-0.2, -0.15) is 0 Å². The minimum Gasteiger partial charge on any atom is -0.309 e. The van der Waals surface area contributed by atoms with E-state index in [0.29, 0.717) is 0 Å². The summed E-state index contributed by atoms with van der Waals surface area (Å²) in [5, 5.41) is 4.22. The molecule has 4 heteroatoms. The van der Waals surface area contributed by atoms with E-state index in [1.165, 1.54) is 6.07 Å². The van der Waals surface area contributed by atoms with Crippen molar-refractivity contribution in [3.8, 4) is 0 Å². The van der Waals surface area contributed by atoms with Gasteiger partial charge in [0.2, 0.25) is 0 Å². The van der Waals surface area contributed by atoms with Gasteiger partial charge in [0, 0.05) is 21.7 Å². The molecule has 112 valence electrons. The van der Waals surface area contributed by atoms with Crippen LogP contribution in [0.5, 0.6) is 0 Å². The van der Waals surface area contributed by atoms with Crippen molar-refractivity contribution in [1.29, 1.82) is 0 Å². The molecule has 2 aromatic carbocycles. The zero-order valence-electron chi connectivity index (χ0n) is 12.0. The van der Waals surface area contributed by atoms with Crippen LogP contribution in [0.15, 0.2) is 53.4 Å². The van der Waals surface area contributed by atoms with Crippen LogP contribution in [0, 0.1) is 5.82 Å². The summed E-state index contributed by atoms with van der Waals surface area (Å²) in [5.74, 6) is 0.646. The summed E-state index contributed by atoms with van der Waals surface area (Å²) in [7, 11) is 0. The Morgan fingerprint density at radius 1 is 1.19 bits per heavy atom. The van der Waals surface area contributed by atoms with Gasteiger partial charge >= 0.3 is 0 Å². The Balaban J connectivity index is 2.06. The van der Waals surface area contributed by atoms with Crippen LogP contribution in [0.4, 0.5) is 4.39 Å². The molecule has 0 saturated heterocycles. The van der Waals surface area contributed by atoms with Crippen LogP contribution in [0.2, 0.25) is 5.02 Å². The topological polar surface area (TPSA) is 12.0 Å². The highest BCUT2D eigenvalue weighted by Crippen LogP contribution is 2.27. The van der Waals surface area contributed by atoms with E-state index in [2.05, 4.69) is 12.2 Å². The van der Waals surface area contributed by atoms with Crippen LogP contribution >= 0.6 is 23.4 Å². The molecular formula is C17H19ClFNS. The number of hydrogen-bond donors (Lipinski definition) is 1. The number of benzene rings is 2. The van der Waals surface area contributed by atoms with Crippen LogP contribution < -0.4 is 5.32 Å². The SMILES string of the molecule is CCCNC(CSc1cccc(Cl)c1)c1cccc(F)c1. The lowest BCUT2D eigenvalue weighted by Gasteiger charge is -2.19. The van der Waals surface area contributed by atoms with Crippen LogP contribution in [0.1, 0.15) is 24.9 Å². The standard InChI is InChI=1S/C17H19ClFNS/c1-2-9-20-17(13-5-3-7-15(19)10-13)12-21-16-8-4-6-14(18)11-16/h3-8,10-11,17,20H,2,9,12H2,1H3. The average Bonchev–Trinajstić information content (AvgIpc) is 2.47. The van der Waals surface area contributed by atoms with Gasteiger partial charge in [0.25, 0.3) is 0 Å². The van der Waals surface area contributed by atoms with Crippen LogP contribution in [0.3, 0.4) is 0 Å². The summed E-state index contributed by atoms with van der Waals surface area (Å²) in [4.78, 5) is 1.13. The lowest BCUT2D eigenvalue weighted by atomic mass is 10.1. The molecule has 0 aromatic heterocycles. The lowest BCUT2D eigenvalue weighted by molar-refractivity contribution is 0.568. The van der Waals surface area contributed by atoms with Crippen LogP contribution in [0.25, 0.3) is 0 Å². The van der Waals surface area contributed by atoms with Gasteiger partial charge in [-0.1, -0.05) is 36.7 Å². The summed E-state index contributed by atoms with van der Waals surface area (Å²) in [5.41, 5.74) is 0.984. The third-order valence-electron chi connectivity index (χ3n) is 3.10. The van der Waals surface area contributed by atoms with Crippen molar-refractivity contribution in [3.05, 3.63) is 64.9 Å².